The number of aromatic amines is 1. The molecule has 0 aliphatic carbocycles. The van der Waals surface area contributed by atoms with E-state index >= 15 is 0 Å². The van der Waals surface area contributed by atoms with Crippen LogP contribution in [0.3, 0.4) is 0 Å². The number of rotatable bonds is 2. The van der Waals surface area contributed by atoms with Crippen LogP contribution in [-0.2, 0) is 0 Å². The Bertz CT molecular complexity index is 443. The molecule has 1 aromatic rings. The van der Waals surface area contributed by atoms with E-state index in [1.807, 2.05) is 20.8 Å². The number of aryl methyl sites for hydroxylation is 1. The molecule has 0 unspecified atom stereocenters. The van der Waals surface area contributed by atoms with Gasteiger partial charge in [0.15, 0.2) is 0 Å². The second kappa shape index (κ2) is 4.25. The van der Waals surface area contributed by atoms with Gasteiger partial charge < -0.3 is 9.72 Å². The van der Waals surface area contributed by atoms with Crippen LogP contribution in [0.1, 0.15) is 23.7 Å². The van der Waals surface area contributed by atoms with E-state index in [-0.39, 0.29) is 0 Å². The molecule has 1 aromatic heterocycles. The molecule has 1 N–H and O–H groups in total. The molecule has 0 bridgehead atoms. The van der Waals surface area contributed by atoms with E-state index in [9.17, 15) is 0 Å². The lowest BCUT2D eigenvalue weighted by Crippen LogP contribution is -2.01. The lowest BCUT2D eigenvalue weighted by Gasteiger charge is -2.11. The second-order valence-electron chi connectivity index (χ2n) is 2.95. The van der Waals surface area contributed by atoms with Gasteiger partial charge in [-0.1, -0.05) is 12.2 Å². The molecular formula is C10H12N2OS. The maximum Gasteiger partial charge on any atom is 0.142 e. The van der Waals surface area contributed by atoms with Crippen LogP contribution in [0.5, 0.6) is 5.75 Å². The Hall–Kier alpha value is -1.34. The fourth-order valence-electron chi connectivity index (χ4n) is 1.35. The molecule has 0 amide bonds. The molecule has 1 rings (SSSR count). The standard InChI is InChI=1S/C10H12N2OS/c1-4-13-9-6(2)8(5-11)10(14)12-7(9)3/h4H2,1-3H3,(H,12,14). The second-order valence-corrected chi connectivity index (χ2v) is 3.36. The van der Waals surface area contributed by atoms with Crippen LogP contribution in [0, 0.1) is 29.8 Å². The number of H-pyrrole nitrogens is 1. The number of hydrogen-bond acceptors (Lipinski definition) is 3. The van der Waals surface area contributed by atoms with Gasteiger partial charge in [-0.15, -0.1) is 0 Å². The number of nitrogens with one attached hydrogen (secondary N) is 1. The van der Waals surface area contributed by atoms with Crippen LogP contribution in [0.2, 0.25) is 0 Å². The van der Waals surface area contributed by atoms with Gasteiger partial charge in [0.1, 0.15) is 16.5 Å². The number of nitrogens with zero attached hydrogens (tertiary/aromatic N) is 1. The van der Waals surface area contributed by atoms with Gasteiger partial charge >= 0.3 is 0 Å². The van der Waals surface area contributed by atoms with Crippen LogP contribution >= 0.6 is 12.2 Å². The van der Waals surface area contributed by atoms with Crippen molar-refractivity contribution in [3.63, 3.8) is 0 Å². The van der Waals surface area contributed by atoms with Crippen molar-refractivity contribution in [1.82, 2.24) is 4.98 Å². The van der Waals surface area contributed by atoms with Gasteiger partial charge in [-0.05, 0) is 20.8 Å². The highest BCUT2D eigenvalue weighted by atomic mass is 32.1. The number of nitriles is 1. The quantitative estimate of drug-likeness (QED) is 0.760. The highest BCUT2D eigenvalue weighted by Gasteiger charge is 2.10. The molecule has 0 atom stereocenters. The van der Waals surface area contributed by atoms with Gasteiger partial charge in [0.25, 0.3) is 0 Å². The SMILES string of the molecule is CCOc1c(C)[nH]c(=S)c(C#N)c1C. The first-order valence-corrected chi connectivity index (χ1v) is 4.79. The molecular weight excluding hydrogens is 196 g/mol. The topological polar surface area (TPSA) is 48.8 Å². The first-order valence-electron chi connectivity index (χ1n) is 4.38. The lowest BCUT2D eigenvalue weighted by atomic mass is 10.1. The summed E-state index contributed by atoms with van der Waals surface area (Å²) in [5, 5.41) is 8.89. The van der Waals surface area contributed by atoms with Crippen LogP contribution in [0.25, 0.3) is 0 Å². The summed E-state index contributed by atoms with van der Waals surface area (Å²) >= 11 is 5.04. The van der Waals surface area contributed by atoms with Crippen molar-refractivity contribution in [3.05, 3.63) is 21.5 Å². The molecule has 0 aromatic carbocycles. The van der Waals surface area contributed by atoms with Gasteiger partial charge in [-0.3, -0.25) is 0 Å². The molecule has 3 nitrogen and oxygen atoms in total. The zero-order valence-electron chi connectivity index (χ0n) is 8.47. The van der Waals surface area contributed by atoms with Crippen molar-refractivity contribution in [2.75, 3.05) is 6.61 Å². The molecule has 74 valence electrons. The Labute approximate surface area is 88.3 Å². The molecule has 14 heavy (non-hydrogen) atoms. The van der Waals surface area contributed by atoms with Crippen molar-refractivity contribution in [2.24, 2.45) is 0 Å². The molecule has 0 radical (unpaired) electrons. The predicted molar refractivity (Wildman–Crippen MR) is 57.0 cm³/mol. The van der Waals surface area contributed by atoms with Crippen molar-refractivity contribution < 1.29 is 4.74 Å². The number of ether oxygens (including phenoxy) is 1. The van der Waals surface area contributed by atoms with E-state index in [0.717, 1.165) is 17.0 Å². The fourth-order valence-corrected chi connectivity index (χ4v) is 1.70. The molecule has 1 heterocycles. The third kappa shape index (κ3) is 1.78. The molecule has 0 fully saturated rings. The first-order chi connectivity index (χ1) is 6.61. The number of hydrogen-bond donors (Lipinski definition) is 1. The van der Waals surface area contributed by atoms with Gasteiger partial charge in [0.05, 0.1) is 17.9 Å². The normalized spacial score (nSPS) is 9.57. The van der Waals surface area contributed by atoms with Crippen molar-refractivity contribution in [1.29, 1.82) is 5.26 Å². The summed E-state index contributed by atoms with van der Waals surface area (Å²) in [6.45, 7) is 6.22. The van der Waals surface area contributed by atoms with Gasteiger partial charge in [-0.25, -0.2) is 0 Å². The Kier molecular flexibility index (Phi) is 3.26. The summed E-state index contributed by atoms with van der Waals surface area (Å²) in [5.74, 6) is 0.734. The summed E-state index contributed by atoms with van der Waals surface area (Å²) in [5.41, 5.74) is 2.18. The maximum absolute atomic E-state index is 8.89. The number of aromatic nitrogens is 1. The summed E-state index contributed by atoms with van der Waals surface area (Å²) in [6.07, 6.45) is 0. The minimum absolute atomic E-state index is 0.478. The van der Waals surface area contributed by atoms with E-state index < -0.39 is 0 Å². The summed E-state index contributed by atoms with van der Waals surface area (Å²) in [7, 11) is 0. The maximum atomic E-state index is 8.89. The average Bonchev–Trinajstić information content (AvgIpc) is 2.12. The van der Waals surface area contributed by atoms with E-state index in [4.69, 9.17) is 22.2 Å². The molecule has 0 spiro atoms. The fraction of sp³-hybridized carbons (Fsp3) is 0.400. The molecule has 0 aliphatic heterocycles. The van der Waals surface area contributed by atoms with Crippen molar-refractivity contribution >= 4 is 12.2 Å². The van der Waals surface area contributed by atoms with Gasteiger partial charge in [0, 0.05) is 5.56 Å². The molecule has 0 saturated heterocycles. The Morgan fingerprint density at radius 3 is 2.64 bits per heavy atom. The largest absolute Gasteiger partial charge is 0.492 e. The van der Waals surface area contributed by atoms with Gasteiger partial charge in [-0.2, -0.15) is 5.26 Å². The highest BCUT2D eigenvalue weighted by molar-refractivity contribution is 7.71. The third-order valence-electron chi connectivity index (χ3n) is 1.98. The zero-order valence-corrected chi connectivity index (χ0v) is 9.29. The number of pyridine rings is 1. The van der Waals surface area contributed by atoms with E-state index in [0.29, 0.717) is 16.8 Å². The van der Waals surface area contributed by atoms with Crippen LogP contribution in [0.15, 0.2) is 0 Å². The Balaban J connectivity index is 3.46. The van der Waals surface area contributed by atoms with E-state index in [1.54, 1.807) is 0 Å². The third-order valence-corrected chi connectivity index (χ3v) is 2.29. The smallest absolute Gasteiger partial charge is 0.142 e. The van der Waals surface area contributed by atoms with Crippen LogP contribution in [0.4, 0.5) is 0 Å². The summed E-state index contributed by atoms with van der Waals surface area (Å²) in [4.78, 5) is 2.95. The predicted octanol–water partition coefficient (Wildman–Crippen LogP) is 2.63. The highest BCUT2D eigenvalue weighted by Crippen LogP contribution is 2.24. The minimum Gasteiger partial charge on any atom is -0.492 e. The minimum atomic E-state index is 0.478. The average molecular weight is 208 g/mol. The van der Waals surface area contributed by atoms with Crippen molar-refractivity contribution in [3.8, 4) is 11.8 Å². The lowest BCUT2D eigenvalue weighted by molar-refractivity contribution is 0.333. The Morgan fingerprint density at radius 2 is 2.14 bits per heavy atom. The first kappa shape index (κ1) is 10.7. The van der Waals surface area contributed by atoms with Crippen LogP contribution < -0.4 is 4.74 Å². The molecule has 4 heteroatoms. The summed E-state index contributed by atoms with van der Waals surface area (Å²) in [6, 6.07) is 2.07. The van der Waals surface area contributed by atoms with E-state index in [2.05, 4.69) is 11.1 Å². The Morgan fingerprint density at radius 1 is 1.50 bits per heavy atom. The van der Waals surface area contributed by atoms with E-state index in [1.165, 1.54) is 0 Å². The summed E-state index contributed by atoms with van der Waals surface area (Å²) < 4.78 is 5.91. The molecule has 0 aliphatic rings. The van der Waals surface area contributed by atoms with Crippen molar-refractivity contribution in [2.45, 2.75) is 20.8 Å². The van der Waals surface area contributed by atoms with Gasteiger partial charge in [0.2, 0.25) is 0 Å². The molecule has 0 saturated carbocycles. The van der Waals surface area contributed by atoms with Crippen LogP contribution in [-0.4, -0.2) is 11.6 Å². The zero-order chi connectivity index (χ0) is 10.7. The monoisotopic (exact) mass is 208 g/mol.